The molecular formula is C26H24. The number of benzene rings is 3. The highest BCUT2D eigenvalue weighted by Crippen LogP contribution is 2.43. The van der Waals surface area contributed by atoms with Crippen molar-refractivity contribution in [2.75, 3.05) is 0 Å². The molecule has 0 saturated heterocycles. The molecule has 128 valence electrons. The fourth-order valence-electron chi connectivity index (χ4n) is 4.89. The summed E-state index contributed by atoms with van der Waals surface area (Å²) in [5, 5.41) is 0. The van der Waals surface area contributed by atoms with Crippen LogP contribution in [0.4, 0.5) is 0 Å². The van der Waals surface area contributed by atoms with Gasteiger partial charge < -0.3 is 0 Å². The number of aryl methyl sites for hydroxylation is 1. The van der Waals surface area contributed by atoms with Crippen molar-refractivity contribution in [2.24, 2.45) is 0 Å². The minimum Gasteiger partial charge on any atom is -0.0687 e. The zero-order chi connectivity index (χ0) is 17.4. The van der Waals surface area contributed by atoms with Crippen LogP contribution in [0.25, 0.3) is 6.08 Å². The Morgan fingerprint density at radius 2 is 1.23 bits per heavy atom. The maximum absolute atomic E-state index is 2.47. The normalized spacial score (nSPS) is 17.4. The first-order chi connectivity index (χ1) is 12.9. The summed E-state index contributed by atoms with van der Waals surface area (Å²) >= 11 is 0. The smallest absolute Gasteiger partial charge is 0.0425 e. The van der Waals surface area contributed by atoms with Crippen molar-refractivity contribution in [3.63, 3.8) is 0 Å². The van der Waals surface area contributed by atoms with E-state index in [0.717, 1.165) is 6.42 Å². The van der Waals surface area contributed by atoms with Crippen molar-refractivity contribution in [2.45, 2.75) is 37.5 Å². The topological polar surface area (TPSA) is 0 Å². The first-order valence-electron chi connectivity index (χ1n) is 9.81. The van der Waals surface area contributed by atoms with Gasteiger partial charge in [0.15, 0.2) is 0 Å². The molecule has 0 radical (unpaired) electrons. The van der Waals surface area contributed by atoms with Crippen LogP contribution in [0.5, 0.6) is 0 Å². The minimum absolute atomic E-state index is 0.0710. The Morgan fingerprint density at radius 3 is 1.92 bits per heavy atom. The molecule has 3 aromatic rings. The van der Waals surface area contributed by atoms with Gasteiger partial charge in [0.1, 0.15) is 0 Å². The number of hydrogen-bond donors (Lipinski definition) is 0. The van der Waals surface area contributed by atoms with Gasteiger partial charge in [0.25, 0.3) is 0 Å². The van der Waals surface area contributed by atoms with Crippen LogP contribution in [0.15, 0.2) is 78.9 Å². The Morgan fingerprint density at radius 1 is 0.615 bits per heavy atom. The van der Waals surface area contributed by atoms with Gasteiger partial charge in [-0.25, -0.2) is 0 Å². The second-order valence-corrected chi connectivity index (χ2v) is 7.70. The van der Waals surface area contributed by atoms with Crippen LogP contribution in [-0.4, -0.2) is 0 Å². The van der Waals surface area contributed by atoms with Gasteiger partial charge in [-0.3, -0.25) is 0 Å². The first kappa shape index (κ1) is 15.6. The Balaban J connectivity index is 1.69. The Labute approximate surface area is 156 Å². The predicted octanol–water partition coefficient (Wildman–Crippen LogP) is 6.12. The molecule has 26 heavy (non-hydrogen) atoms. The van der Waals surface area contributed by atoms with Crippen molar-refractivity contribution >= 4 is 6.08 Å². The summed E-state index contributed by atoms with van der Waals surface area (Å²) in [4.78, 5) is 0. The van der Waals surface area contributed by atoms with Gasteiger partial charge in [0, 0.05) is 5.41 Å². The number of rotatable bonds is 2. The van der Waals surface area contributed by atoms with Crippen LogP contribution < -0.4 is 0 Å². The molecule has 0 aromatic heterocycles. The summed E-state index contributed by atoms with van der Waals surface area (Å²) in [7, 11) is 0. The highest BCUT2D eigenvalue weighted by molar-refractivity contribution is 5.68. The van der Waals surface area contributed by atoms with E-state index >= 15 is 0 Å². The van der Waals surface area contributed by atoms with Crippen LogP contribution in [0.2, 0.25) is 0 Å². The molecule has 2 aliphatic rings. The number of fused-ring (bicyclic) bond motifs is 3. The maximum Gasteiger partial charge on any atom is 0.0425 e. The summed E-state index contributed by atoms with van der Waals surface area (Å²) in [6, 6.07) is 26.8. The largest absolute Gasteiger partial charge is 0.0687 e. The van der Waals surface area contributed by atoms with E-state index in [2.05, 4.69) is 84.9 Å². The van der Waals surface area contributed by atoms with Crippen LogP contribution in [0.1, 0.15) is 46.2 Å². The summed E-state index contributed by atoms with van der Waals surface area (Å²) < 4.78 is 0. The van der Waals surface area contributed by atoms with E-state index in [9.17, 15) is 0 Å². The van der Waals surface area contributed by atoms with Gasteiger partial charge in [0.05, 0.1) is 0 Å². The quantitative estimate of drug-likeness (QED) is 0.529. The third-order valence-electron chi connectivity index (χ3n) is 6.25. The third-order valence-corrected chi connectivity index (χ3v) is 6.25. The number of hydrogen-bond acceptors (Lipinski definition) is 0. The molecule has 0 atom stereocenters. The van der Waals surface area contributed by atoms with E-state index in [-0.39, 0.29) is 5.41 Å². The monoisotopic (exact) mass is 336 g/mol. The second-order valence-electron chi connectivity index (χ2n) is 7.70. The average Bonchev–Trinajstić information content (AvgIpc) is 2.74. The molecule has 0 saturated carbocycles. The van der Waals surface area contributed by atoms with E-state index in [1.807, 2.05) is 0 Å². The molecule has 0 heteroatoms. The molecule has 2 aliphatic carbocycles. The Kier molecular flexibility index (Phi) is 3.78. The zero-order valence-corrected chi connectivity index (χ0v) is 15.1. The number of allylic oxidation sites excluding steroid dienone is 1. The van der Waals surface area contributed by atoms with E-state index in [0.29, 0.717) is 0 Å². The molecule has 0 aliphatic heterocycles. The predicted molar refractivity (Wildman–Crippen MR) is 109 cm³/mol. The lowest BCUT2D eigenvalue weighted by atomic mass is 9.66. The Hall–Kier alpha value is -2.60. The fourth-order valence-corrected chi connectivity index (χ4v) is 4.89. The molecule has 0 bridgehead atoms. The van der Waals surface area contributed by atoms with E-state index in [4.69, 9.17) is 0 Å². The standard InChI is InChI=1S/C26H24/c1-3-10-22(11-4-1)26(23-12-5-2-6-13-23)18-17-25-21(19-26)16-15-20-9-7-8-14-24(20)25/h1-6,10-13,15-18H,7-9,14,19H2. The van der Waals surface area contributed by atoms with Crippen molar-refractivity contribution in [3.05, 3.63) is 112 Å². The molecule has 3 aromatic carbocycles. The van der Waals surface area contributed by atoms with Gasteiger partial charge in [0.2, 0.25) is 0 Å². The molecule has 0 unspecified atom stereocenters. The van der Waals surface area contributed by atoms with Gasteiger partial charge in [-0.1, -0.05) is 84.9 Å². The van der Waals surface area contributed by atoms with Crippen LogP contribution in [-0.2, 0) is 24.7 Å². The summed E-state index contributed by atoms with van der Waals surface area (Å²) in [6.07, 6.45) is 11.1. The molecule has 5 rings (SSSR count). The molecule has 0 heterocycles. The van der Waals surface area contributed by atoms with Gasteiger partial charge in [-0.05, 0) is 65.5 Å². The summed E-state index contributed by atoms with van der Waals surface area (Å²) in [6.45, 7) is 0. The van der Waals surface area contributed by atoms with E-state index in [1.54, 1.807) is 11.1 Å². The van der Waals surface area contributed by atoms with Crippen LogP contribution >= 0.6 is 0 Å². The molecular weight excluding hydrogens is 312 g/mol. The molecule has 0 N–H and O–H groups in total. The van der Waals surface area contributed by atoms with Crippen molar-refractivity contribution in [1.82, 2.24) is 0 Å². The van der Waals surface area contributed by atoms with Crippen LogP contribution in [0.3, 0.4) is 0 Å². The molecule has 0 amide bonds. The van der Waals surface area contributed by atoms with E-state index in [1.165, 1.54) is 47.9 Å². The molecule has 0 spiro atoms. The minimum atomic E-state index is -0.0710. The lowest BCUT2D eigenvalue weighted by Gasteiger charge is -2.37. The van der Waals surface area contributed by atoms with Crippen molar-refractivity contribution in [1.29, 1.82) is 0 Å². The summed E-state index contributed by atoms with van der Waals surface area (Å²) in [5.41, 5.74) is 8.88. The first-order valence-corrected chi connectivity index (χ1v) is 9.81. The van der Waals surface area contributed by atoms with Gasteiger partial charge in [-0.2, -0.15) is 0 Å². The van der Waals surface area contributed by atoms with Crippen molar-refractivity contribution in [3.8, 4) is 0 Å². The highest BCUT2D eigenvalue weighted by atomic mass is 14.4. The maximum atomic E-state index is 2.47. The third kappa shape index (κ3) is 2.44. The molecule has 0 fully saturated rings. The van der Waals surface area contributed by atoms with E-state index < -0.39 is 0 Å². The SMILES string of the molecule is C1=CC(c2ccccc2)(c2ccccc2)Cc2ccc3c(c21)CCCC3. The average molecular weight is 336 g/mol. The summed E-state index contributed by atoms with van der Waals surface area (Å²) in [5.74, 6) is 0. The zero-order valence-electron chi connectivity index (χ0n) is 15.1. The lowest BCUT2D eigenvalue weighted by molar-refractivity contribution is 0.626. The van der Waals surface area contributed by atoms with Gasteiger partial charge >= 0.3 is 0 Å². The fraction of sp³-hybridized carbons (Fsp3) is 0.231. The van der Waals surface area contributed by atoms with Crippen LogP contribution in [0, 0.1) is 0 Å². The van der Waals surface area contributed by atoms with Gasteiger partial charge in [-0.15, -0.1) is 0 Å². The lowest BCUT2D eigenvalue weighted by Crippen LogP contribution is -2.31. The molecule has 0 nitrogen and oxygen atoms in total. The highest BCUT2D eigenvalue weighted by Gasteiger charge is 2.35. The second kappa shape index (κ2) is 6.29. The van der Waals surface area contributed by atoms with Crippen molar-refractivity contribution < 1.29 is 0 Å². The Bertz CT molecular complexity index is 909.